The van der Waals surface area contributed by atoms with Crippen molar-refractivity contribution < 1.29 is 14.3 Å². The molecule has 1 atom stereocenters. The van der Waals surface area contributed by atoms with Crippen LogP contribution in [-0.2, 0) is 16.8 Å². The van der Waals surface area contributed by atoms with E-state index < -0.39 is 5.60 Å². The molecule has 0 aliphatic rings. The second kappa shape index (κ2) is 6.11. The number of carbonyl (C=O) groups is 1. The van der Waals surface area contributed by atoms with Crippen molar-refractivity contribution in [2.45, 2.75) is 18.9 Å². The normalized spacial score (nSPS) is 13.8. The molecule has 1 aromatic heterocycles. The Morgan fingerprint density at radius 2 is 2.10 bits per heavy atom. The lowest BCUT2D eigenvalue weighted by Gasteiger charge is -2.21. The molecule has 2 rings (SSSR count). The summed E-state index contributed by atoms with van der Waals surface area (Å²) in [6.07, 6.45) is 1.66. The maximum absolute atomic E-state index is 11.9. The molecule has 106 valence electrons. The molecule has 1 aromatic carbocycles. The van der Waals surface area contributed by atoms with Gasteiger partial charge in [0.1, 0.15) is 11.4 Å². The minimum Gasteiger partial charge on any atom is -0.466 e. The largest absolute Gasteiger partial charge is 0.466 e. The van der Waals surface area contributed by atoms with Crippen LogP contribution in [0.3, 0.4) is 0 Å². The number of halogens is 1. The minimum absolute atomic E-state index is 0.0732. The second-order valence-corrected chi connectivity index (χ2v) is 5.20. The maximum atomic E-state index is 11.9. The molecule has 0 bridgehead atoms. The molecule has 0 saturated heterocycles. The van der Waals surface area contributed by atoms with Crippen molar-refractivity contribution in [2.75, 3.05) is 6.54 Å². The Balaban J connectivity index is 1.91. The molecular weight excluding hydrogens is 278 g/mol. The molecule has 0 radical (unpaired) electrons. The zero-order chi connectivity index (χ0) is 14.6. The molecule has 0 fully saturated rings. The van der Waals surface area contributed by atoms with Gasteiger partial charge in [-0.1, -0.05) is 29.8 Å². The van der Waals surface area contributed by atoms with E-state index in [4.69, 9.17) is 16.0 Å². The number of hydrogen-bond acceptors (Lipinski definition) is 3. The van der Waals surface area contributed by atoms with E-state index in [2.05, 4.69) is 5.32 Å². The first-order valence-electron chi connectivity index (χ1n) is 6.25. The number of nitrogens with one attached hydrogen (secondary N) is 1. The summed E-state index contributed by atoms with van der Waals surface area (Å²) in [5, 5.41) is 13.4. The highest BCUT2D eigenvalue weighted by Crippen LogP contribution is 2.20. The Labute approximate surface area is 122 Å². The minimum atomic E-state index is -1.24. The van der Waals surface area contributed by atoms with E-state index in [1.54, 1.807) is 31.2 Å². The molecule has 0 spiro atoms. The highest BCUT2D eigenvalue weighted by atomic mass is 35.5. The average Bonchev–Trinajstić information content (AvgIpc) is 2.94. The number of carbonyl (C=O) groups excluding carboxylic acids is 1. The summed E-state index contributed by atoms with van der Waals surface area (Å²) >= 11 is 6.00. The standard InChI is InChI=1S/C15H16ClNO3/c1-15(19,13-7-4-8-20-13)10-17-14(18)9-11-5-2-3-6-12(11)16/h2-8,19H,9-10H2,1H3,(H,17,18)/t15-/m1/s1. The first kappa shape index (κ1) is 14.6. The maximum Gasteiger partial charge on any atom is 0.224 e. The summed E-state index contributed by atoms with van der Waals surface area (Å²) in [5.74, 6) is 0.209. The van der Waals surface area contributed by atoms with Gasteiger partial charge in [0.25, 0.3) is 0 Å². The lowest BCUT2D eigenvalue weighted by Crippen LogP contribution is -2.39. The fourth-order valence-electron chi connectivity index (χ4n) is 1.82. The van der Waals surface area contributed by atoms with Crippen molar-refractivity contribution in [2.24, 2.45) is 0 Å². The summed E-state index contributed by atoms with van der Waals surface area (Å²) in [6, 6.07) is 10.5. The van der Waals surface area contributed by atoms with Crippen molar-refractivity contribution in [3.8, 4) is 0 Å². The van der Waals surface area contributed by atoms with E-state index in [1.807, 2.05) is 12.1 Å². The lowest BCUT2D eigenvalue weighted by atomic mass is 10.0. The number of amides is 1. The van der Waals surface area contributed by atoms with Gasteiger partial charge in [-0.2, -0.15) is 0 Å². The summed E-state index contributed by atoms with van der Waals surface area (Å²) in [4.78, 5) is 11.9. The van der Waals surface area contributed by atoms with Crippen LogP contribution in [0, 0.1) is 0 Å². The third kappa shape index (κ3) is 3.62. The molecule has 2 aromatic rings. The molecule has 5 heteroatoms. The average molecular weight is 294 g/mol. The molecule has 0 aliphatic heterocycles. The summed E-state index contributed by atoms with van der Waals surface area (Å²) in [6.45, 7) is 1.66. The Bertz CT molecular complexity index is 579. The van der Waals surface area contributed by atoms with Crippen LogP contribution in [0.2, 0.25) is 5.02 Å². The Morgan fingerprint density at radius 1 is 1.35 bits per heavy atom. The van der Waals surface area contributed by atoms with E-state index in [0.717, 1.165) is 5.56 Å². The van der Waals surface area contributed by atoms with Crippen LogP contribution in [0.4, 0.5) is 0 Å². The predicted octanol–water partition coefficient (Wildman–Crippen LogP) is 2.50. The first-order chi connectivity index (χ1) is 9.49. The third-order valence-corrected chi connectivity index (χ3v) is 3.36. The van der Waals surface area contributed by atoms with Crippen molar-refractivity contribution >= 4 is 17.5 Å². The van der Waals surface area contributed by atoms with Crippen LogP contribution in [0.1, 0.15) is 18.2 Å². The van der Waals surface area contributed by atoms with Crippen LogP contribution in [0.15, 0.2) is 47.1 Å². The molecule has 1 heterocycles. The van der Waals surface area contributed by atoms with Crippen molar-refractivity contribution in [1.29, 1.82) is 0 Å². The number of furan rings is 1. The third-order valence-electron chi connectivity index (χ3n) is 2.99. The zero-order valence-electron chi connectivity index (χ0n) is 11.1. The van der Waals surface area contributed by atoms with Gasteiger partial charge in [0.15, 0.2) is 0 Å². The van der Waals surface area contributed by atoms with Crippen molar-refractivity contribution in [3.05, 3.63) is 59.0 Å². The van der Waals surface area contributed by atoms with Gasteiger partial charge in [0.05, 0.1) is 19.2 Å². The van der Waals surface area contributed by atoms with E-state index >= 15 is 0 Å². The van der Waals surface area contributed by atoms with Gasteiger partial charge < -0.3 is 14.8 Å². The van der Waals surface area contributed by atoms with Gasteiger partial charge in [-0.3, -0.25) is 4.79 Å². The fraction of sp³-hybridized carbons (Fsp3) is 0.267. The van der Waals surface area contributed by atoms with Crippen molar-refractivity contribution in [3.63, 3.8) is 0 Å². The Kier molecular flexibility index (Phi) is 4.47. The van der Waals surface area contributed by atoms with Gasteiger partial charge >= 0.3 is 0 Å². The summed E-state index contributed by atoms with van der Waals surface area (Å²) in [5.41, 5.74) is -0.482. The number of benzene rings is 1. The first-order valence-corrected chi connectivity index (χ1v) is 6.63. The number of aliphatic hydroxyl groups is 1. The van der Waals surface area contributed by atoms with Gasteiger partial charge in [0, 0.05) is 5.02 Å². The summed E-state index contributed by atoms with van der Waals surface area (Å²) < 4.78 is 5.15. The van der Waals surface area contributed by atoms with E-state index in [0.29, 0.717) is 10.8 Å². The zero-order valence-corrected chi connectivity index (χ0v) is 11.9. The molecule has 2 N–H and O–H groups in total. The fourth-order valence-corrected chi connectivity index (χ4v) is 2.02. The highest BCUT2D eigenvalue weighted by Gasteiger charge is 2.26. The lowest BCUT2D eigenvalue weighted by molar-refractivity contribution is -0.121. The van der Waals surface area contributed by atoms with Crippen LogP contribution < -0.4 is 5.32 Å². The topological polar surface area (TPSA) is 62.5 Å². The smallest absolute Gasteiger partial charge is 0.224 e. The predicted molar refractivity (Wildman–Crippen MR) is 76.4 cm³/mol. The SMILES string of the molecule is C[C@@](O)(CNC(=O)Cc1ccccc1Cl)c1ccco1. The highest BCUT2D eigenvalue weighted by molar-refractivity contribution is 6.31. The molecule has 1 amide bonds. The Hall–Kier alpha value is -1.78. The quantitative estimate of drug-likeness (QED) is 0.890. The molecule has 4 nitrogen and oxygen atoms in total. The van der Waals surface area contributed by atoms with E-state index in [1.165, 1.54) is 6.26 Å². The molecule has 0 saturated carbocycles. The molecular formula is C15H16ClNO3. The van der Waals surface area contributed by atoms with Crippen LogP contribution in [0.5, 0.6) is 0 Å². The second-order valence-electron chi connectivity index (χ2n) is 4.80. The number of rotatable bonds is 5. The van der Waals surface area contributed by atoms with E-state index in [9.17, 15) is 9.90 Å². The molecule has 20 heavy (non-hydrogen) atoms. The van der Waals surface area contributed by atoms with Gasteiger partial charge in [0.2, 0.25) is 5.91 Å². The molecule has 0 unspecified atom stereocenters. The molecule has 0 aliphatic carbocycles. The van der Waals surface area contributed by atoms with Crippen molar-refractivity contribution in [1.82, 2.24) is 5.32 Å². The Morgan fingerprint density at radius 3 is 2.75 bits per heavy atom. The van der Waals surface area contributed by atoms with Gasteiger partial charge in [-0.05, 0) is 30.7 Å². The van der Waals surface area contributed by atoms with Crippen LogP contribution in [-0.4, -0.2) is 17.6 Å². The monoisotopic (exact) mass is 293 g/mol. The van der Waals surface area contributed by atoms with E-state index in [-0.39, 0.29) is 18.9 Å². The van der Waals surface area contributed by atoms with Crippen LogP contribution in [0.25, 0.3) is 0 Å². The van der Waals surface area contributed by atoms with Gasteiger partial charge in [-0.15, -0.1) is 0 Å². The number of hydrogen-bond donors (Lipinski definition) is 2. The summed E-state index contributed by atoms with van der Waals surface area (Å²) in [7, 11) is 0. The van der Waals surface area contributed by atoms with Crippen LogP contribution >= 0.6 is 11.6 Å². The van der Waals surface area contributed by atoms with Gasteiger partial charge in [-0.25, -0.2) is 0 Å².